The number of imidazole rings is 1. The lowest BCUT2D eigenvalue weighted by atomic mass is 10.0. The van der Waals surface area contributed by atoms with E-state index in [4.69, 9.17) is 10.1 Å². The third-order valence-electron chi connectivity index (χ3n) is 4.70. The smallest absolute Gasteiger partial charge is 0.313 e. The Morgan fingerprint density at radius 2 is 1.75 bits per heavy atom. The van der Waals surface area contributed by atoms with Gasteiger partial charge in [0.05, 0.1) is 17.1 Å². The molecule has 32 heavy (non-hydrogen) atoms. The van der Waals surface area contributed by atoms with Crippen LogP contribution in [0.1, 0.15) is 5.56 Å². The summed E-state index contributed by atoms with van der Waals surface area (Å²) in [5, 5.41) is 8.89. The number of benzene rings is 2. The summed E-state index contributed by atoms with van der Waals surface area (Å²) in [5.41, 5.74) is 5.31. The number of nitrogens with zero attached hydrogens (tertiary/aromatic N) is 2. The molecule has 0 fully saturated rings. The lowest BCUT2D eigenvalue weighted by Crippen LogP contribution is -1.97. The Kier molecular flexibility index (Phi) is 6.57. The first kappa shape index (κ1) is 21.3. The van der Waals surface area contributed by atoms with Crippen molar-refractivity contribution >= 4 is 30.1 Å². The van der Waals surface area contributed by atoms with E-state index in [0.29, 0.717) is 5.82 Å². The third kappa shape index (κ3) is 5.01. The number of rotatable bonds is 8. The van der Waals surface area contributed by atoms with Crippen LogP contribution in [-0.2, 0) is 9.59 Å². The molecule has 7 heteroatoms. The minimum atomic E-state index is -0.846. The van der Waals surface area contributed by atoms with Gasteiger partial charge in [0.15, 0.2) is 0 Å². The van der Waals surface area contributed by atoms with Crippen molar-refractivity contribution in [2.75, 3.05) is 5.75 Å². The number of hydrogen-bond donors (Lipinski definition) is 2. The van der Waals surface area contributed by atoms with Crippen molar-refractivity contribution in [3.8, 4) is 33.9 Å². The van der Waals surface area contributed by atoms with Crippen LogP contribution in [0.5, 0.6) is 0 Å². The average Bonchev–Trinajstić information content (AvgIpc) is 3.28. The van der Waals surface area contributed by atoms with E-state index in [2.05, 4.69) is 9.97 Å². The maximum atomic E-state index is 10.8. The number of carboxylic acids is 1. The highest BCUT2D eigenvalue weighted by atomic mass is 32.2. The van der Waals surface area contributed by atoms with E-state index >= 15 is 0 Å². The summed E-state index contributed by atoms with van der Waals surface area (Å²) in [5.74, 6) is -0.123. The van der Waals surface area contributed by atoms with Gasteiger partial charge in [-0.05, 0) is 35.9 Å². The molecule has 158 valence electrons. The van der Waals surface area contributed by atoms with E-state index in [1.165, 1.54) is 17.8 Å². The molecule has 2 heterocycles. The van der Waals surface area contributed by atoms with Crippen molar-refractivity contribution in [2.45, 2.75) is 4.90 Å². The number of nitrogens with one attached hydrogen (secondary N) is 1. The molecule has 0 radical (unpaired) electrons. The molecule has 0 unspecified atom stereocenters. The number of aromatic amines is 1. The van der Waals surface area contributed by atoms with Gasteiger partial charge in [-0.1, -0.05) is 42.5 Å². The Labute approximate surface area is 189 Å². The fraction of sp³-hybridized carbons (Fsp3) is 0.0400. The SMILES string of the molecule is O=C/C=C/c1ccc(-c2[nH]c(-c3cccnc3)nc2-c2ccc(SCC(=O)O)cc2)cc1. The second-order valence-electron chi connectivity index (χ2n) is 6.87. The molecule has 0 spiro atoms. The zero-order chi connectivity index (χ0) is 22.3. The summed E-state index contributed by atoms with van der Waals surface area (Å²) in [6.45, 7) is 0. The summed E-state index contributed by atoms with van der Waals surface area (Å²) >= 11 is 1.28. The van der Waals surface area contributed by atoms with Gasteiger partial charge in [-0.3, -0.25) is 14.6 Å². The Morgan fingerprint density at radius 1 is 1.00 bits per heavy atom. The van der Waals surface area contributed by atoms with Crippen LogP contribution in [-0.4, -0.2) is 38.1 Å². The zero-order valence-corrected chi connectivity index (χ0v) is 17.8. The Morgan fingerprint density at radius 3 is 2.41 bits per heavy atom. The molecule has 0 saturated heterocycles. The number of carbonyl (C=O) groups is 2. The molecule has 0 atom stereocenters. The molecule has 0 aliphatic heterocycles. The number of hydrogen-bond acceptors (Lipinski definition) is 5. The van der Waals surface area contributed by atoms with Crippen molar-refractivity contribution in [3.05, 3.63) is 84.7 Å². The van der Waals surface area contributed by atoms with Gasteiger partial charge in [-0.2, -0.15) is 0 Å². The monoisotopic (exact) mass is 441 g/mol. The molecule has 0 saturated carbocycles. The predicted octanol–water partition coefficient (Wildman–Crippen LogP) is 5.19. The van der Waals surface area contributed by atoms with E-state index in [1.807, 2.05) is 60.7 Å². The van der Waals surface area contributed by atoms with Gasteiger partial charge >= 0.3 is 5.97 Å². The second-order valence-corrected chi connectivity index (χ2v) is 7.92. The van der Waals surface area contributed by atoms with Crippen molar-refractivity contribution in [3.63, 3.8) is 0 Å². The lowest BCUT2D eigenvalue weighted by Gasteiger charge is -2.05. The van der Waals surface area contributed by atoms with Gasteiger partial charge in [-0.15, -0.1) is 11.8 Å². The average molecular weight is 442 g/mol. The highest BCUT2D eigenvalue weighted by Gasteiger charge is 2.15. The number of aldehydes is 1. The highest BCUT2D eigenvalue weighted by molar-refractivity contribution is 8.00. The van der Waals surface area contributed by atoms with Gasteiger partial charge in [0.1, 0.15) is 12.1 Å². The molecule has 2 aromatic heterocycles. The number of allylic oxidation sites excluding steroid dienone is 1. The largest absolute Gasteiger partial charge is 0.481 e. The Balaban J connectivity index is 1.73. The number of carbonyl (C=O) groups excluding carboxylic acids is 1. The molecule has 0 aliphatic rings. The first-order valence-corrected chi connectivity index (χ1v) is 10.8. The normalized spacial score (nSPS) is 11.0. The summed E-state index contributed by atoms with van der Waals surface area (Å²) in [4.78, 5) is 34.7. The number of thioether (sulfide) groups is 1. The van der Waals surface area contributed by atoms with Gasteiger partial charge in [0.2, 0.25) is 0 Å². The maximum absolute atomic E-state index is 10.8. The number of H-pyrrole nitrogens is 1. The van der Waals surface area contributed by atoms with E-state index in [1.54, 1.807) is 18.5 Å². The maximum Gasteiger partial charge on any atom is 0.313 e. The fourth-order valence-corrected chi connectivity index (χ4v) is 3.81. The Bertz CT molecular complexity index is 1250. The minimum Gasteiger partial charge on any atom is -0.481 e. The molecule has 6 nitrogen and oxygen atoms in total. The first-order chi connectivity index (χ1) is 15.6. The molecule has 2 aromatic carbocycles. The van der Waals surface area contributed by atoms with Crippen LogP contribution in [0.2, 0.25) is 0 Å². The molecule has 4 rings (SSSR count). The summed E-state index contributed by atoms with van der Waals surface area (Å²) in [6.07, 6.45) is 7.43. The van der Waals surface area contributed by atoms with Gasteiger partial charge in [0.25, 0.3) is 0 Å². The summed E-state index contributed by atoms with van der Waals surface area (Å²) < 4.78 is 0. The van der Waals surface area contributed by atoms with Crippen LogP contribution in [0, 0.1) is 0 Å². The number of aliphatic carboxylic acids is 1. The molecule has 0 amide bonds. The van der Waals surface area contributed by atoms with E-state index in [0.717, 1.165) is 44.8 Å². The van der Waals surface area contributed by atoms with Crippen molar-refractivity contribution in [2.24, 2.45) is 0 Å². The Hall–Kier alpha value is -3.97. The third-order valence-corrected chi connectivity index (χ3v) is 5.69. The first-order valence-electron chi connectivity index (χ1n) is 9.82. The summed E-state index contributed by atoms with van der Waals surface area (Å²) in [7, 11) is 0. The molecule has 4 aromatic rings. The van der Waals surface area contributed by atoms with Crippen molar-refractivity contribution in [1.29, 1.82) is 0 Å². The van der Waals surface area contributed by atoms with Crippen LogP contribution in [0.3, 0.4) is 0 Å². The summed E-state index contributed by atoms with van der Waals surface area (Å²) in [6, 6.07) is 19.3. The number of aromatic nitrogens is 3. The number of pyridine rings is 1. The standard InChI is InChI=1S/C25H19N3O3S/c29-14-2-3-17-5-7-18(8-6-17)23-24(28-25(27-23)20-4-1-13-26-15-20)19-9-11-21(12-10-19)32-16-22(30)31/h1-15H,16H2,(H,27,28)(H,30,31)/b3-2+. The van der Waals surface area contributed by atoms with Crippen LogP contribution in [0.4, 0.5) is 0 Å². The van der Waals surface area contributed by atoms with Crippen LogP contribution in [0.15, 0.2) is 84.0 Å². The van der Waals surface area contributed by atoms with Gasteiger partial charge in [-0.25, -0.2) is 4.98 Å². The lowest BCUT2D eigenvalue weighted by molar-refractivity contribution is -0.133. The molecular weight excluding hydrogens is 422 g/mol. The second kappa shape index (κ2) is 9.89. The van der Waals surface area contributed by atoms with Crippen molar-refractivity contribution < 1.29 is 14.7 Å². The van der Waals surface area contributed by atoms with Crippen LogP contribution >= 0.6 is 11.8 Å². The minimum absolute atomic E-state index is 0.0169. The molecule has 2 N–H and O–H groups in total. The van der Waals surface area contributed by atoms with Gasteiger partial charge in [0, 0.05) is 34.0 Å². The molecule has 0 aliphatic carbocycles. The van der Waals surface area contributed by atoms with Gasteiger partial charge < -0.3 is 10.1 Å². The predicted molar refractivity (Wildman–Crippen MR) is 126 cm³/mol. The fourth-order valence-electron chi connectivity index (χ4n) is 3.20. The van der Waals surface area contributed by atoms with Crippen molar-refractivity contribution in [1.82, 2.24) is 15.0 Å². The van der Waals surface area contributed by atoms with Crippen LogP contribution in [0.25, 0.3) is 40.0 Å². The number of carboxylic acid groups (broad SMARTS) is 1. The van der Waals surface area contributed by atoms with E-state index in [9.17, 15) is 9.59 Å². The highest BCUT2D eigenvalue weighted by Crippen LogP contribution is 2.34. The molecular formula is C25H19N3O3S. The van der Waals surface area contributed by atoms with E-state index in [-0.39, 0.29) is 5.75 Å². The topological polar surface area (TPSA) is 95.9 Å². The molecule has 0 bridgehead atoms. The zero-order valence-electron chi connectivity index (χ0n) is 16.9. The van der Waals surface area contributed by atoms with E-state index < -0.39 is 5.97 Å². The van der Waals surface area contributed by atoms with Crippen LogP contribution < -0.4 is 0 Å². The quantitative estimate of drug-likeness (QED) is 0.222.